The van der Waals surface area contributed by atoms with Crippen LogP contribution in [0.5, 0.6) is 0 Å². The van der Waals surface area contributed by atoms with E-state index in [2.05, 4.69) is 9.62 Å². The smallest absolute Gasteiger partial charge is 0.340 e. The summed E-state index contributed by atoms with van der Waals surface area (Å²) in [5.74, 6) is -0.604. The van der Waals surface area contributed by atoms with E-state index in [0.29, 0.717) is 24.5 Å². The second-order valence-electron chi connectivity index (χ2n) is 6.25. The highest BCUT2D eigenvalue weighted by atomic mass is 35.5. The summed E-state index contributed by atoms with van der Waals surface area (Å²) in [6.45, 7) is 3.97. The van der Waals surface area contributed by atoms with Gasteiger partial charge in [0.25, 0.3) is 10.0 Å². The van der Waals surface area contributed by atoms with Crippen molar-refractivity contribution >= 4 is 38.9 Å². The number of nitrogens with one attached hydrogen (secondary N) is 1. The Hall–Kier alpha value is -1.45. The average Bonchev–Trinajstić information content (AvgIpc) is 3.01. The summed E-state index contributed by atoms with van der Waals surface area (Å²) in [5.41, 5.74) is 2.06. The van der Waals surface area contributed by atoms with Crippen LogP contribution >= 0.6 is 22.9 Å². The summed E-state index contributed by atoms with van der Waals surface area (Å²) in [5, 5.41) is 0.688. The van der Waals surface area contributed by atoms with Crippen LogP contribution in [0, 0.1) is 0 Å². The van der Waals surface area contributed by atoms with Crippen LogP contribution in [-0.4, -0.2) is 39.5 Å². The van der Waals surface area contributed by atoms with Crippen molar-refractivity contribution < 1.29 is 17.9 Å². The molecule has 0 spiro atoms. The third kappa shape index (κ3) is 4.35. The number of carbonyl (C=O) groups excluding carboxylic acids is 1. The Bertz CT molecular complexity index is 956. The number of hydrogen-bond donors (Lipinski definition) is 1. The Kier molecular flexibility index (Phi) is 6.22. The highest BCUT2D eigenvalue weighted by Crippen LogP contribution is 2.37. The molecule has 0 radical (unpaired) electrons. The van der Waals surface area contributed by atoms with Crippen LogP contribution in [0.1, 0.15) is 33.3 Å². The first kappa shape index (κ1) is 20.3. The minimum absolute atomic E-state index is 0.0470. The molecule has 0 unspecified atom stereocenters. The monoisotopic (exact) mass is 428 g/mol. The normalized spacial score (nSPS) is 14.8. The standard InChI is InChI=1S/C18H21ClN2O4S2/c1-3-20-27(23,24)18-16(17(22)25-2)14-7-8-21(11-15(14)26-18)10-12-5-4-6-13(19)9-12/h4-6,9,20H,3,7-8,10-11H2,1-2H3. The Labute approximate surface area is 168 Å². The van der Waals surface area contributed by atoms with E-state index in [1.807, 2.05) is 24.3 Å². The van der Waals surface area contributed by atoms with Crippen molar-refractivity contribution in [1.29, 1.82) is 0 Å². The largest absolute Gasteiger partial charge is 0.465 e. The Morgan fingerprint density at radius 3 is 2.85 bits per heavy atom. The summed E-state index contributed by atoms with van der Waals surface area (Å²) in [6.07, 6.45) is 0.596. The van der Waals surface area contributed by atoms with E-state index in [4.69, 9.17) is 16.3 Å². The quantitative estimate of drug-likeness (QED) is 0.715. The molecule has 1 aromatic carbocycles. The van der Waals surface area contributed by atoms with Gasteiger partial charge in [0.1, 0.15) is 4.21 Å². The molecule has 0 amide bonds. The number of nitrogens with zero attached hydrogens (tertiary/aromatic N) is 1. The fourth-order valence-corrected chi connectivity index (χ4v) is 6.44. The molecule has 0 aliphatic carbocycles. The van der Waals surface area contributed by atoms with Crippen molar-refractivity contribution in [2.75, 3.05) is 20.2 Å². The van der Waals surface area contributed by atoms with E-state index in [-0.39, 0.29) is 16.3 Å². The van der Waals surface area contributed by atoms with Crippen LogP contribution in [0.25, 0.3) is 0 Å². The fraction of sp³-hybridized carbons (Fsp3) is 0.389. The van der Waals surface area contributed by atoms with Gasteiger partial charge in [-0.1, -0.05) is 30.7 Å². The van der Waals surface area contributed by atoms with E-state index < -0.39 is 16.0 Å². The first-order valence-electron chi connectivity index (χ1n) is 8.55. The molecule has 146 valence electrons. The summed E-state index contributed by atoms with van der Waals surface area (Å²) in [4.78, 5) is 15.4. The molecule has 6 nitrogen and oxygen atoms in total. The molecule has 9 heteroatoms. The number of sulfonamides is 1. The number of esters is 1. The predicted molar refractivity (Wildman–Crippen MR) is 106 cm³/mol. The van der Waals surface area contributed by atoms with Gasteiger partial charge in [-0.3, -0.25) is 4.90 Å². The van der Waals surface area contributed by atoms with E-state index in [0.717, 1.165) is 33.9 Å². The second kappa shape index (κ2) is 8.28. The van der Waals surface area contributed by atoms with Crippen LogP contribution in [0.15, 0.2) is 28.5 Å². The molecule has 1 aliphatic rings. The highest BCUT2D eigenvalue weighted by Gasteiger charge is 2.33. The number of carbonyl (C=O) groups is 1. The van der Waals surface area contributed by atoms with E-state index in [9.17, 15) is 13.2 Å². The lowest BCUT2D eigenvalue weighted by atomic mass is 10.0. The zero-order valence-corrected chi connectivity index (χ0v) is 17.5. The Morgan fingerprint density at radius 2 is 2.19 bits per heavy atom. The van der Waals surface area contributed by atoms with Gasteiger partial charge in [-0.15, -0.1) is 11.3 Å². The summed E-state index contributed by atoms with van der Waals surface area (Å²) < 4.78 is 32.5. The lowest BCUT2D eigenvalue weighted by Crippen LogP contribution is -2.30. The molecule has 0 fully saturated rings. The van der Waals surface area contributed by atoms with Crippen molar-refractivity contribution in [2.24, 2.45) is 0 Å². The first-order valence-corrected chi connectivity index (χ1v) is 11.2. The molecule has 0 saturated carbocycles. The second-order valence-corrected chi connectivity index (χ2v) is 9.75. The average molecular weight is 429 g/mol. The van der Waals surface area contributed by atoms with E-state index in [1.165, 1.54) is 7.11 Å². The lowest BCUT2D eigenvalue weighted by molar-refractivity contribution is 0.0595. The van der Waals surface area contributed by atoms with Crippen LogP contribution in [-0.2, 0) is 34.3 Å². The van der Waals surface area contributed by atoms with Crippen molar-refractivity contribution in [3.05, 3.63) is 50.9 Å². The van der Waals surface area contributed by atoms with Gasteiger partial charge < -0.3 is 4.74 Å². The van der Waals surface area contributed by atoms with Crippen molar-refractivity contribution in [3.8, 4) is 0 Å². The van der Waals surface area contributed by atoms with Crippen LogP contribution < -0.4 is 4.72 Å². The highest BCUT2D eigenvalue weighted by molar-refractivity contribution is 7.91. The van der Waals surface area contributed by atoms with Crippen LogP contribution in [0.4, 0.5) is 0 Å². The maximum atomic E-state index is 12.6. The molecule has 3 rings (SSSR count). The van der Waals surface area contributed by atoms with Gasteiger partial charge in [0.15, 0.2) is 0 Å². The minimum atomic E-state index is -3.74. The van der Waals surface area contributed by atoms with Crippen molar-refractivity contribution in [2.45, 2.75) is 30.6 Å². The molecule has 1 N–H and O–H groups in total. The first-order chi connectivity index (χ1) is 12.9. The third-order valence-corrected chi connectivity index (χ3v) is 7.88. The maximum Gasteiger partial charge on any atom is 0.340 e. The van der Waals surface area contributed by atoms with E-state index in [1.54, 1.807) is 6.92 Å². The molecule has 2 heterocycles. The fourth-order valence-electron chi connectivity index (χ4n) is 3.21. The molecular formula is C18H21ClN2O4S2. The van der Waals surface area contributed by atoms with Gasteiger partial charge >= 0.3 is 5.97 Å². The summed E-state index contributed by atoms with van der Waals surface area (Å²) in [7, 11) is -2.47. The van der Waals surface area contributed by atoms with Gasteiger partial charge in [-0.2, -0.15) is 0 Å². The molecule has 0 atom stereocenters. The zero-order valence-electron chi connectivity index (χ0n) is 15.1. The number of methoxy groups -OCH3 is 1. The molecule has 1 aromatic heterocycles. The molecule has 0 saturated heterocycles. The molecule has 2 aromatic rings. The third-order valence-electron chi connectivity index (χ3n) is 4.37. The van der Waals surface area contributed by atoms with Crippen LogP contribution in [0.3, 0.4) is 0 Å². The number of thiophene rings is 1. The molecular weight excluding hydrogens is 408 g/mol. The van der Waals surface area contributed by atoms with Crippen LogP contribution in [0.2, 0.25) is 5.02 Å². The van der Waals surface area contributed by atoms with Crippen molar-refractivity contribution in [1.82, 2.24) is 9.62 Å². The molecule has 0 bridgehead atoms. The zero-order chi connectivity index (χ0) is 19.6. The topological polar surface area (TPSA) is 75.7 Å². The van der Waals surface area contributed by atoms with Gasteiger partial charge in [0.2, 0.25) is 0 Å². The maximum absolute atomic E-state index is 12.6. The number of hydrogen-bond acceptors (Lipinski definition) is 6. The Balaban J connectivity index is 1.92. The summed E-state index contributed by atoms with van der Waals surface area (Å²) in [6, 6.07) is 7.68. The molecule has 1 aliphatic heterocycles. The van der Waals surface area contributed by atoms with Gasteiger partial charge in [0, 0.05) is 36.1 Å². The van der Waals surface area contributed by atoms with Gasteiger partial charge in [-0.05, 0) is 29.7 Å². The minimum Gasteiger partial charge on any atom is -0.465 e. The molecule has 27 heavy (non-hydrogen) atoms. The van der Waals surface area contributed by atoms with Crippen molar-refractivity contribution in [3.63, 3.8) is 0 Å². The van der Waals surface area contributed by atoms with Gasteiger partial charge in [0.05, 0.1) is 12.7 Å². The SMILES string of the molecule is CCNS(=O)(=O)c1sc2c(c1C(=O)OC)CCN(Cc1cccc(Cl)c1)C2. The predicted octanol–water partition coefficient (Wildman–Crippen LogP) is 3.04. The number of rotatable bonds is 6. The van der Waals surface area contributed by atoms with E-state index >= 15 is 0 Å². The Morgan fingerprint density at radius 1 is 1.41 bits per heavy atom. The van der Waals surface area contributed by atoms with Gasteiger partial charge in [-0.25, -0.2) is 17.9 Å². The lowest BCUT2D eigenvalue weighted by Gasteiger charge is -2.27. The number of ether oxygens (including phenoxy) is 1. The number of fused-ring (bicyclic) bond motifs is 1. The summed E-state index contributed by atoms with van der Waals surface area (Å²) >= 11 is 7.21. The number of halogens is 1. The number of benzene rings is 1.